The minimum atomic E-state index is -0.374. The molecule has 0 spiro atoms. The van der Waals surface area contributed by atoms with Gasteiger partial charge < -0.3 is 4.74 Å². The molecule has 28 heavy (non-hydrogen) atoms. The fourth-order valence-electron chi connectivity index (χ4n) is 2.65. The number of carbonyl (C=O) groups excluding carboxylic acids is 1. The third-order valence-corrected chi connectivity index (χ3v) is 6.25. The van der Waals surface area contributed by atoms with Gasteiger partial charge in [0.1, 0.15) is 0 Å². The van der Waals surface area contributed by atoms with Gasteiger partial charge in [-0.15, -0.1) is 0 Å². The molecule has 0 unspecified atom stereocenters. The molecule has 146 valence electrons. The van der Waals surface area contributed by atoms with Gasteiger partial charge in [-0.3, -0.25) is 0 Å². The number of hydrogen-bond donors (Lipinski definition) is 0. The molecule has 3 rings (SSSR count). The van der Waals surface area contributed by atoms with Crippen molar-refractivity contribution >= 4 is 40.3 Å². The third-order valence-electron chi connectivity index (χ3n) is 4.12. The van der Waals surface area contributed by atoms with Gasteiger partial charge in [0.05, 0.1) is 21.7 Å². The van der Waals surface area contributed by atoms with Gasteiger partial charge >= 0.3 is 5.97 Å². The number of nitrogens with zero attached hydrogens (tertiary/aromatic N) is 2. The number of carbonyl (C=O) groups is 1. The molecule has 1 aromatic heterocycles. The molecule has 1 heterocycles. The maximum Gasteiger partial charge on any atom is 0.345 e. The van der Waals surface area contributed by atoms with Gasteiger partial charge in [-0.1, -0.05) is 41.6 Å². The summed E-state index contributed by atoms with van der Waals surface area (Å²) in [5.41, 5.74) is 2.27. The summed E-state index contributed by atoms with van der Waals surface area (Å²) in [5, 5.41) is 4.68. The van der Waals surface area contributed by atoms with Crippen molar-refractivity contribution in [3.8, 4) is 5.88 Å². The Hall–Kier alpha value is -1.80. The van der Waals surface area contributed by atoms with E-state index in [-0.39, 0.29) is 11.5 Å². The lowest BCUT2D eigenvalue weighted by Crippen LogP contribution is -2.25. The Morgan fingerprint density at radius 1 is 1.07 bits per heavy atom. The first-order chi connectivity index (χ1) is 13.2. The van der Waals surface area contributed by atoms with Crippen LogP contribution in [0.15, 0.2) is 58.3 Å². The van der Waals surface area contributed by atoms with Crippen molar-refractivity contribution in [1.82, 2.24) is 9.78 Å². The van der Waals surface area contributed by atoms with Crippen LogP contribution in [-0.4, -0.2) is 15.7 Å². The number of hydrogen-bond acceptors (Lipinski definition) is 4. The van der Waals surface area contributed by atoms with Crippen molar-refractivity contribution in [2.45, 2.75) is 49.9 Å². The first-order valence-electron chi connectivity index (χ1n) is 8.98. The normalized spacial score (nSPS) is 11.5. The van der Waals surface area contributed by atoms with Gasteiger partial charge in [-0.25, -0.2) is 9.48 Å². The molecule has 6 heteroatoms. The SMILES string of the molecule is Cc1ccc(Sc2c(C)nn(C(C)(C)C)c2OC(=O)c2ccccc2I)cc1. The Morgan fingerprint density at radius 3 is 2.32 bits per heavy atom. The molecule has 0 aliphatic heterocycles. The van der Waals surface area contributed by atoms with Crippen LogP contribution in [0.5, 0.6) is 5.88 Å². The fraction of sp³-hybridized carbons (Fsp3) is 0.273. The number of esters is 1. The summed E-state index contributed by atoms with van der Waals surface area (Å²) in [7, 11) is 0. The van der Waals surface area contributed by atoms with Gasteiger partial charge in [0.2, 0.25) is 5.88 Å². The van der Waals surface area contributed by atoms with Crippen molar-refractivity contribution in [2.24, 2.45) is 0 Å². The van der Waals surface area contributed by atoms with Crippen LogP contribution >= 0.6 is 34.4 Å². The van der Waals surface area contributed by atoms with Crippen molar-refractivity contribution in [3.63, 3.8) is 0 Å². The predicted octanol–water partition coefficient (Wildman–Crippen LogP) is 6.23. The van der Waals surface area contributed by atoms with Crippen LogP contribution in [0.1, 0.15) is 42.4 Å². The Kier molecular flexibility index (Phi) is 6.19. The predicted molar refractivity (Wildman–Crippen MR) is 121 cm³/mol. The lowest BCUT2D eigenvalue weighted by atomic mass is 10.1. The number of aromatic nitrogens is 2. The van der Waals surface area contributed by atoms with Gasteiger partial charge in [0.25, 0.3) is 0 Å². The molecule has 2 aromatic carbocycles. The summed E-state index contributed by atoms with van der Waals surface area (Å²) in [6.07, 6.45) is 0. The monoisotopic (exact) mass is 506 g/mol. The van der Waals surface area contributed by atoms with E-state index in [0.29, 0.717) is 11.4 Å². The molecule has 3 aromatic rings. The maximum atomic E-state index is 12.9. The van der Waals surface area contributed by atoms with Crippen LogP contribution in [0.4, 0.5) is 0 Å². The summed E-state index contributed by atoms with van der Waals surface area (Å²) < 4.78 is 8.58. The summed E-state index contributed by atoms with van der Waals surface area (Å²) in [6, 6.07) is 15.7. The topological polar surface area (TPSA) is 44.1 Å². The van der Waals surface area contributed by atoms with Crippen LogP contribution in [0.25, 0.3) is 0 Å². The number of aryl methyl sites for hydroxylation is 2. The summed E-state index contributed by atoms with van der Waals surface area (Å²) in [4.78, 5) is 14.8. The van der Waals surface area contributed by atoms with E-state index in [1.807, 2.05) is 45.9 Å². The standard InChI is InChI=1S/C22H23IN2O2S/c1-14-10-12-16(13-11-14)28-19-15(2)24-25(22(3,4)5)20(19)27-21(26)17-8-6-7-9-18(17)23/h6-13H,1-5H3. The zero-order valence-corrected chi connectivity index (χ0v) is 19.6. The second-order valence-electron chi connectivity index (χ2n) is 7.59. The van der Waals surface area contributed by atoms with E-state index in [4.69, 9.17) is 4.74 Å². The highest BCUT2D eigenvalue weighted by molar-refractivity contribution is 14.1. The minimum Gasteiger partial charge on any atom is -0.403 e. The number of ether oxygens (including phenoxy) is 1. The minimum absolute atomic E-state index is 0.323. The Bertz CT molecular complexity index is 1000. The van der Waals surface area contributed by atoms with Gasteiger partial charge in [-0.05, 0) is 81.5 Å². The van der Waals surface area contributed by atoms with Crippen LogP contribution < -0.4 is 4.74 Å². The number of benzene rings is 2. The average molecular weight is 506 g/mol. The van der Waals surface area contributed by atoms with Gasteiger partial charge in [-0.2, -0.15) is 5.10 Å². The molecule has 0 amide bonds. The second kappa shape index (κ2) is 8.29. The molecular weight excluding hydrogens is 483 g/mol. The zero-order chi connectivity index (χ0) is 20.5. The zero-order valence-electron chi connectivity index (χ0n) is 16.6. The van der Waals surface area contributed by atoms with E-state index in [1.165, 1.54) is 5.56 Å². The summed E-state index contributed by atoms with van der Waals surface area (Å²) in [5.74, 6) is 0.112. The lowest BCUT2D eigenvalue weighted by molar-refractivity contribution is 0.0703. The molecule has 0 saturated carbocycles. The average Bonchev–Trinajstić information content (AvgIpc) is 2.93. The molecule has 0 bridgehead atoms. The first kappa shape index (κ1) is 20.9. The molecule has 0 atom stereocenters. The Labute approximate surface area is 183 Å². The summed E-state index contributed by atoms with van der Waals surface area (Å²) in [6.45, 7) is 10.1. The molecule has 0 radical (unpaired) electrons. The Morgan fingerprint density at radius 2 is 1.71 bits per heavy atom. The van der Waals surface area contributed by atoms with Crippen LogP contribution in [-0.2, 0) is 5.54 Å². The van der Waals surface area contributed by atoms with E-state index in [0.717, 1.165) is 19.1 Å². The van der Waals surface area contributed by atoms with Gasteiger partial charge in [0, 0.05) is 8.47 Å². The van der Waals surface area contributed by atoms with E-state index >= 15 is 0 Å². The fourth-order valence-corrected chi connectivity index (χ4v) is 4.17. The molecule has 0 aliphatic carbocycles. The van der Waals surface area contributed by atoms with E-state index < -0.39 is 0 Å². The molecule has 0 fully saturated rings. The highest BCUT2D eigenvalue weighted by Crippen LogP contribution is 2.40. The Balaban J connectivity index is 2.03. The van der Waals surface area contributed by atoms with Crippen LogP contribution in [0, 0.1) is 17.4 Å². The van der Waals surface area contributed by atoms with E-state index in [2.05, 4.69) is 58.9 Å². The quantitative estimate of drug-likeness (QED) is 0.311. The van der Waals surface area contributed by atoms with Crippen molar-refractivity contribution in [2.75, 3.05) is 0 Å². The van der Waals surface area contributed by atoms with Gasteiger partial charge in [0.15, 0.2) is 0 Å². The second-order valence-corrected chi connectivity index (χ2v) is 9.83. The molecule has 0 aliphatic rings. The van der Waals surface area contributed by atoms with Crippen LogP contribution in [0.3, 0.4) is 0 Å². The van der Waals surface area contributed by atoms with Crippen LogP contribution in [0.2, 0.25) is 0 Å². The lowest BCUT2D eigenvalue weighted by Gasteiger charge is -2.22. The molecule has 0 saturated heterocycles. The summed E-state index contributed by atoms with van der Waals surface area (Å²) >= 11 is 3.72. The highest BCUT2D eigenvalue weighted by Gasteiger charge is 2.28. The maximum absolute atomic E-state index is 12.9. The van der Waals surface area contributed by atoms with Crippen molar-refractivity contribution < 1.29 is 9.53 Å². The first-order valence-corrected chi connectivity index (χ1v) is 10.9. The number of rotatable bonds is 4. The smallest absolute Gasteiger partial charge is 0.345 e. The largest absolute Gasteiger partial charge is 0.403 e. The highest BCUT2D eigenvalue weighted by atomic mass is 127. The van der Waals surface area contributed by atoms with E-state index in [9.17, 15) is 4.79 Å². The third kappa shape index (κ3) is 4.60. The molecule has 0 N–H and O–H groups in total. The molecular formula is C22H23IN2O2S. The van der Waals surface area contributed by atoms with E-state index in [1.54, 1.807) is 22.5 Å². The molecule has 4 nitrogen and oxygen atoms in total. The number of halogens is 1. The van der Waals surface area contributed by atoms with Crippen molar-refractivity contribution in [1.29, 1.82) is 0 Å². The van der Waals surface area contributed by atoms with Crippen molar-refractivity contribution in [3.05, 3.63) is 68.9 Å².